The number of aromatic nitrogens is 1. The predicted molar refractivity (Wildman–Crippen MR) is 114 cm³/mol. The summed E-state index contributed by atoms with van der Waals surface area (Å²) in [5.41, 5.74) is 0.327. The number of rotatable bonds is 7. The fourth-order valence-electron chi connectivity index (χ4n) is 2.67. The molecular weight excluding hydrogens is 463 g/mol. The summed E-state index contributed by atoms with van der Waals surface area (Å²) in [6.07, 6.45) is 2.68. The number of hydrogen-bond donors (Lipinski definition) is 2. The predicted octanol–water partition coefficient (Wildman–Crippen LogP) is 1.44. The molecule has 1 aromatic heterocycles. The maximum atomic E-state index is 13.6. The molecule has 0 fully saturated rings. The number of nitrogens with zero attached hydrogens (tertiary/aromatic N) is 1. The number of hydrogen-bond acceptors (Lipinski definition) is 5. The summed E-state index contributed by atoms with van der Waals surface area (Å²) in [6.45, 7) is 3.26. The van der Waals surface area contributed by atoms with E-state index in [9.17, 15) is 23.5 Å². The Labute approximate surface area is 230 Å². The zero-order valence-corrected chi connectivity index (χ0v) is 21.8. The van der Waals surface area contributed by atoms with Gasteiger partial charge in [0.1, 0.15) is 11.6 Å². The molecule has 0 aliphatic carbocycles. The first-order chi connectivity index (χ1) is 14.6. The average Bonchev–Trinajstić information content (AvgIpc) is 3.18. The van der Waals surface area contributed by atoms with E-state index in [2.05, 4.69) is 15.6 Å². The van der Waals surface area contributed by atoms with Gasteiger partial charge >= 0.3 is 57.4 Å². The molecule has 0 spiro atoms. The van der Waals surface area contributed by atoms with Gasteiger partial charge in [-0.3, -0.25) is 0 Å². The Hall–Kier alpha value is -1.69. The van der Waals surface area contributed by atoms with Crippen LogP contribution in [0.2, 0.25) is 0 Å². The molecule has 3 rings (SSSR count). The Balaban J connectivity index is 0.00000363. The van der Waals surface area contributed by atoms with Gasteiger partial charge in [-0.25, -0.2) is 18.6 Å². The van der Waals surface area contributed by atoms with E-state index in [0.29, 0.717) is 24.6 Å². The first-order valence-corrected chi connectivity index (χ1v) is 10.3. The number of thiazole rings is 1. The van der Waals surface area contributed by atoms with E-state index in [1.807, 2.05) is 0 Å². The summed E-state index contributed by atoms with van der Waals surface area (Å²) in [4.78, 5) is 28.4. The van der Waals surface area contributed by atoms with Gasteiger partial charge in [-0.05, 0) is 36.2 Å². The van der Waals surface area contributed by atoms with E-state index in [0.717, 1.165) is 27.6 Å². The topological polar surface area (TPSA) is 94.2 Å². The third-order valence-electron chi connectivity index (χ3n) is 4.68. The zero-order valence-electron chi connectivity index (χ0n) is 17.9. The van der Waals surface area contributed by atoms with E-state index < -0.39 is 29.0 Å². The van der Waals surface area contributed by atoms with E-state index in [-0.39, 0.29) is 57.1 Å². The average molecular weight is 484 g/mol. The molecule has 0 aliphatic rings. The van der Waals surface area contributed by atoms with Crippen molar-refractivity contribution >= 4 is 34.7 Å². The van der Waals surface area contributed by atoms with Gasteiger partial charge in [0.2, 0.25) is 0 Å². The number of carboxylic acids is 1. The van der Waals surface area contributed by atoms with Gasteiger partial charge in [0.25, 0.3) is 0 Å². The number of carbonyl (C=O) groups is 2. The molecule has 2 amide bonds. The van der Waals surface area contributed by atoms with Crippen LogP contribution in [0.4, 0.5) is 25.0 Å². The number of aliphatic carboxylic acids is 1. The molecule has 0 saturated heterocycles. The van der Waals surface area contributed by atoms with Crippen molar-refractivity contribution in [3.8, 4) is 10.4 Å². The molecule has 0 radical (unpaired) electrons. The second-order valence-corrected chi connectivity index (χ2v) is 8.69. The quantitative estimate of drug-likeness (QED) is 0.498. The molecular formula is C22H20F2KN3O3S. The van der Waals surface area contributed by atoms with Crippen LogP contribution in [0.15, 0.2) is 48.7 Å². The molecule has 3 aromatic rings. The third kappa shape index (κ3) is 7.16. The Kier molecular flexibility index (Phi) is 9.49. The van der Waals surface area contributed by atoms with Crippen LogP contribution >= 0.6 is 11.3 Å². The second-order valence-electron chi connectivity index (χ2n) is 7.57. The third-order valence-corrected chi connectivity index (χ3v) is 5.78. The van der Waals surface area contributed by atoms with Crippen LogP contribution in [0.25, 0.3) is 10.4 Å². The molecule has 1 heterocycles. The van der Waals surface area contributed by atoms with Crippen LogP contribution in [-0.4, -0.2) is 17.0 Å². The molecule has 0 aliphatic heterocycles. The van der Waals surface area contributed by atoms with Gasteiger partial charge in [-0.1, -0.05) is 26.0 Å². The van der Waals surface area contributed by atoms with Crippen LogP contribution in [-0.2, 0) is 11.2 Å². The smallest absolute Gasteiger partial charge is 0.550 e. The van der Waals surface area contributed by atoms with Crippen molar-refractivity contribution in [3.63, 3.8) is 0 Å². The van der Waals surface area contributed by atoms with Crippen LogP contribution < -0.4 is 67.1 Å². The van der Waals surface area contributed by atoms with Crippen molar-refractivity contribution < 1.29 is 74.9 Å². The zero-order chi connectivity index (χ0) is 22.6. The molecule has 0 atom stereocenters. The fraction of sp³-hybridized carbons (Fsp3) is 0.227. The number of urea groups is 1. The van der Waals surface area contributed by atoms with Crippen LogP contribution in [0.1, 0.15) is 25.3 Å². The normalized spacial score (nSPS) is 10.9. The second kappa shape index (κ2) is 11.4. The Bertz CT molecular complexity index is 1100. The summed E-state index contributed by atoms with van der Waals surface area (Å²) in [5.74, 6) is -2.68. The van der Waals surface area contributed by atoms with E-state index in [4.69, 9.17) is 0 Å². The number of carbonyl (C=O) groups excluding carboxylic acids is 2. The minimum absolute atomic E-state index is 0. The van der Waals surface area contributed by atoms with Crippen LogP contribution in [0.3, 0.4) is 0 Å². The van der Waals surface area contributed by atoms with Gasteiger partial charge in [-0.2, -0.15) is 0 Å². The maximum Gasteiger partial charge on any atom is 1.00 e. The summed E-state index contributed by atoms with van der Waals surface area (Å²) in [6, 6.07) is 9.21. The summed E-state index contributed by atoms with van der Waals surface area (Å²) in [7, 11) is 0. The van der Waals surface area contributed by atoms with E-state index in [1.54, 1.807) is 44.3 Å². The van der Waals surface area contributed by atoms with Crippen molar-refractivity contribution in [1.29, 1.82) is 0 Å². The maximum absolute atomic E-state index is 13.6. The summed E-state index contributed by atoms with van der Waals surface area (Å²) < 4.78 is 26.6. The van der Waals surface area contributed by atoms with Gasteiger partial charge in [-0.15, -0.1) is 11.3 Å². The van der Waals surface area contributed by atoms with Gasteiger partial charge in [0, 0.05) is 35.8 Å². The van der Waals surface area contributed by atoms with E-state index in [1.165, 1.54) is 11.3 Å². The number of nitrogens with one attached hydrogen (secondary N) is 2. The molecule has 6 nitrogen and oxygen atoms in total. The largest absolute Gasteiger partial charge is 1.00 e. The number of aryl methyl sites for hydroxylation is 1. The van der Waals surface area contributed by atoms with Crippen molar-refractivity contribution in [1.82, 2.24) is 4.98 Å². The van der Waals surface area contributed by atoms with Crippen molar-refractivity contribution in [2.24, 2.45) is 5.41 Å². The Morgan fingerprint density at radius 1 is 1.09 bits per heavy atom. The molecule has 0 unspecified atom stereocenters. The monoisotopic (exact) mass is 483 g/mol. The van der Waals surface area contributed by atoms with E-state index >= 15 is 0 Å². The number of halogens is 2. The molecule has 0 bridgehead atoms. The molecule has 0 saturated carbocycles. The standard InChI is InChI=1S/C22H21F2N3O3S.K/c1-22(2,20(28)29)10-9-19-25-12-18(31-19)13-3-6-15(7-4-13)26-21(30)27-17-8-5-14(23)11-16(17)24;/h3-8,11-12H,9-10H2,1-2H3,(H,28,29)(H2,26,27,30);/q;+1/p-1. The number of carboxylic acid groups (broad SMARTS) is 1. The van der Waals surface area contributed by atoms with Gasteiger partial charge in [0.05, 0.1) is 15.6 Å². The number of anilines is 2. The van der Waals surface area contributed by atoms with Crippen molar-refractivity contribution in [2.45, 2.75) is 26.7 Å². The first-order valence-electron chi connectivity index (χ1n) is 9.44. The molecule has 10 heteroatoms. The SMILES string of the molecule is CC(C)(CCc1ncc(-c2ccc(NC(=O)Nc3ccc(F)cc3F)cc2)s1)C(=O)[O-].[K+]. The summed E-state index contributed by atoms with van der Waals surface area (Å²) >= 11 is 1.47. The van der Waals surface area contributed by atoms with Gasteiger partial charge < -0.3 is 20.5 Å². The molecule has 162 valence electrons. The van der Waals surface area contributed by atoms with Gasteiger partial charge in [0.15, 0.2) is 0 Å². The first kappa shape index (κ1) is 26.6. The molecule has 2 aromatic carbocycles. The summed E-state index contributed by atoms with van der Waals surface area (Å²) in [5, 5.41) is 16.8. The van der Waals surface area contributed by atoms with Crippen LogP contribution in [0, 0.1) is 17.0 Å². The fourth-order valence-corrected chi connectivity index (χ4v) is 3.60. The molecule has 2 N–H and O–H groups in total. The Morgan fingerprint density at radius 2 is 1.78 bits per heavy atom. The van der Waals surface area contributed by atoms with Crippen molar-refractivity contribution in [2.75, 3.05) is 10.6 Å². The Morgan fingerprint density at radius 3 is 2.41 bits per heavy atom. The number of amides is 2. The minimum Gasteiger partial charge on any atom is -0.550 e. The number of benzene rings is 2. The van der Waals surface area contributed by atoms with Crippen molar-refractivity contribution in [3.05, 3.63) is 65.3 Å². The minimum atomic E-state index is -1.08. The molecule has 32 heavy (non-hydrogen) atoms. The van der Waals surface area contributed by atoms with Crippen LogP contribution in [0.5, 0.6) is 0 Å².